The van der Waals surface area contributed by atoms with E-state index in [1.165, 1.54) is 12.1 Å². The van der Waals surface area contributed by atoms with Gasteiger partial charge in [0, 0.05) is 30.4 Å². The highest BCUT2D eigenvalue weighted by atomic mass is 16.3. The maximum atomic E-state index is 13.2. The van der Waals surface area contributed by atoms with Crippen LogP contribution >= 0.6 is 0 Å². The number of likely N-dealkylation sites (N-methyl/N-ethyl adjacent to an activating group) is 1. The van der Waals surface area contributed by atoms with Gasteiger partial charge in [-0.15, -0.1) is 6.58 Å². The van der Waals surface area contributed by atoms with Crippen molar-refractivity contribution in [3.63, 3.8) is 0 Å². The summed E-state index contributed by atoms with van der Waals surface area (Å²) >= 11 is 0. The van der Waals surface area contributed by atoms with Crippen molar-refractivity contribution in [3.8, 4) is 0 Å². The zero-order chi connectivity index (χ0) is 19.5. The molecule has 1 unspecified atom stereocenters. The molecule has 4 rings (SSSR count). The lowest BCUT2D eigenvalue weighted by molar-refractivity contribution is 0.0715. The van der Waals surface area contributed by atoms with Gasteiger partial charge >= 0.3 is 0 Å². The fourth-order valence-corrected chi connectivity index (χ4v) is 4.51. The van der Waals surface area contributed by atoms with Gasteiger partial charge in [-0.1, -0.05) is 6.08 Å². The van der Waals surface area contributed by atoms with Crippen LogP contribution in [0.4, 0.5) is 0 Å². The van der Waals surface area contributed by atoms with E-state index >= 15 is 0 Å². The first-order valence-electron chi connectivity index (χ1n) is 10.4. The number of likely N-dealkylation sites (tertiary alicyclic amines) is 1. The van der Waals surface area contributed by atoms with Gasteiger partial charge in [0.25, 0.3) is 5.91 Å². The molecule has 0 N–H and O–H groups in total. The molecule has 0 aromatic carbocycles. The van der Waals surface area contributed by atoms with Crippen molar-refractivity contribution in [1.82, 2.24) is 19.6 Å². The van der Waals surface area contributed by atoms with Gasteiger partial charge < -0.3 is 9.32 Å². The Hall–Kier alpha value is -2.34. The molecule has 1 aliphatic carbocycles. The van der Waals surface area contributed by atoms with Gasteiger partial charge in [-0.25, -0.2) is 0 Å². The van der Waals surface area contributed by atoms with Crippen molar-refractivity contribution in [2.75, 3.05) is 20.1 Å². The molecule has 28 heavy (non-hydrogen) atoms. The first-order valence-corrected chi connectivity index (χ1v) is 10.4. The maximum absolute atomic E-state index is 13.2. The number of piperidine rings is 1. The molecule has 1 aliphatic heterocycles. The molecule has 2 aliphatic rings. The smallest absolute Gasteiger partial charge is 0.274 e. The average Bonchev–Trinajstić information content (AvgIpc) is 3.36. The van der Waals surface area contributed by atoms with Crippen molar-refractivity contribution in [3.05, 3.63) is 53.8 Å². The van der Waals surface area contributed by atoms with Crippen LogP contribution in [0.15, 0.2) is 35.5 Å². The number of fused-ring (bicyclic) bond motifs is 1. The summed E-state index contributed by atoms with van der Waals surface area (Å²) in [4.78, 5) is 17.5. The second kappa shape index (κ2) is 8.35. The minimum absolute atomic E-state index is 0.105. The summed E-state index contributed by atoms with van der Waals surface area (Å²) in [6, 6.07) is 4.32. The van der Waals surface area contributed by atoms with Gasteiger partial charge in [0.15, 0.2) is 5.69 Å². The largest absolute Gasteiger partial charge is 0.468 e. The molecular weight excluding hydrogens is 352 g/mol. The lowest BCUT2D eigenvalue weighted by atomic mass is 9.90. The Labute approximate surface area is 166 Å². The fourth-order valence-electron chi connectivity index (χ4n) is 4.51. The normalized spacial score (nSPS) is 19.6. The molecule has 3 heterocycles. The van der Waals surface area contributed by atoms with Crippen molar-refractivity contribution < 1.29 is 9.21 Å². The summed E-state index contributed by atoms with van der Waals surface area (Å²) < 4.78 is 7.50. The van der Waals surface area contributed by atoms with E-state index in [-0.39, 0.29) is 5.91 Å². The summed E-state index contributed by atoms with van der Waals surface area (Å²) in [6.45, 7) is 7.00. The van der Waals surface area contributed by atoms with Gasteiger partial charge in [-0.2, -0.15) is 5.10 Å². The summed E-state index contributed by atoms with van der Waals surface area (Å²) in [5, 5.41) is 4.74. The van der Waals surface area contributed by atoms with E-state index in [1.54, 1.807) is 6.26 Å². The molecule has 6 heteroatoms. The van der Waals surface area contributed by atoms with E-state index in [2.05, 4.69) is 18.5 Å². The summed E-state index contributed by atoms with van der Waals surface area (Å²) in [6.07, 6.45) is 9.84. The Bertz CT molecular complexity index is 818. The zero-order valence-electron chi connectivity index (χ0n) is 16.8. The first-order chi connectivity index (χ1) is 13.7. The Balaban J connectivity index is 1.57. The topological polar surface area (TPSA) is 54.5 Å². The lowest BCUT2D eigenvalue weighted by Crippen LogP contribution is -2.38. The minimum Gasteiger partial charge on any atom is -0.468 e. The molecule has 0 radical (unpaired) electrons. The van der Waals surface area contributed by atoms with Gasteiger partial charge in [0.2, 0.25) is 0 Å². The van der Waals surface area contributed by atoms with Crippen LogP contribution in [0.3, 0.4) is 0 Å². The van der Waals surface area contributed by atoms with E-state index in [0.717, 1.165) is 63.1 Å². The molecule has 2 aromatic rings. The number of allylic oxidation sites excluding steroid dienone is 1. The van der Waals surface area contributed by atoms with Crippen molar-refractivity contribution >= 4 is 5.91 Å². The van der Waals surface area contributed by atoms with Crippen LogP contribution in [0.1, 0.15) is 53.2 Å². The number of amides is 1. The van der Waals surface area contributed by atoms with E-state index in [0.29, 0.717) is 18.3 Å². The molecule has 1 saturated heterocycles. The van der Waals surface area contributed by atoms with E-state index in [4.69, 9.17) is 9.52 Å². The number of aromatic nitrogens is 2. The third kappa shape index (κ3) is 3.78. The number of rotatable bonds is 6. The molecule has 6 nitrogen and oxygen atoms in total. The minimum atomic E-state index is 0.105. The number of carbonyl (C=O) groups excluding carboxylic acids is 1. The summed E-state index contributed by atoms with van der Waals surface area (Å²) in [5.74, 6) is 1.08. The SMILES string of the molecule is C=CCn1nc(C(=O)N2CCCCC2)c2c1CCC(N(C)Cc1ccco1)C2. The number of nitrogens with zero attached hydrogens (tertiary/aromatic N) is 4. The Morgan fingerprint density at radius 2 is 2.21 bits per heavy atom. The van der Waals surface area contributed by atoms with Crippen LogP contribution < -0.4 is 0 Å². The molecule has 0 saturated carbocycles. The number of hydrogen-bond acceptors (Lipinski definition) is 4. The number of hydrogen-bond donors (Lipinski definition) is 0. The van der Waals surface area contributed by atoms with Gasteiger partial charge in [-0.3, -0.25) is 14.4 Å². The summed E-state index contributed by atoms with van der Waals surface area (Å²) in [5.41, 5.74) is 3.01. The molecular formula is C22H30N4O2. The molecule has 2 aromatic heterocycles. The molecule has 1 atom stereocenters. The van der Waals surface area contributed by atoms with Gasteiger partial charge in [0.1, 0.15) is 5.76 Å². The van der Waals surface area contributed by atoms with Gasteiger partial charge in [-0.05, 0) is 57.7 Å². The molecule has 1 fully saturated rings. The molecule has 0 spiro atoms. The van der Waals surface area contributed by atoms with E-state index < -0.39 is 0 Å². The lowest BCUT2D eigenvalue weighted by Gasteiger charge is -2.31. The second-order valence-corrected chi connectivity index (χ2v) is 7.99. The quantitative estimate of drug-likeness (QED) is 0.720. The van der Waals surface area contributed by atoms with Crippen LogP contribution in [0.5, 0.6) is 0 Å². The van der Waals surface area contributed by atoms with Gasteiger partial charge in [0.05, 0.1) is 19.4 Å². The Morgan fingerprint density at radius 3 is 2.93 bits per heavy atom. The van der Waals surface area contributed by atoms with Crippen LogP contribution in [0, 0.1) is 0 Å². The second-order valence-electron chi connectivity index (χ2n) is 7.99. The highest BCUT2D eigenvalue weighted by Gasteiger charge is 2.32. The molecule has 150 valence electrons. The highest BCUT2D eigenvalue weighted by Crippen LogP contribution is 2.29. The van der Waals surface area contributed by atoms with Crippen LogP contribution in [0.2, 0.25) is 0 Å². The van der Waals surface area contributed by atoms with E-state index in [9.17, 15) is 4.79 Å². The zero-order valence-corrected chi connectivity index (χ0v) is 16.8. The third-order valence-corrected chi connectivity index (χ3v) is 6.08. The average molecular weight is 383 g/mol. The number of furan rings is 1. The van der Waals surface area contributed by atoms with Crippen molar-refractivity contribution in [2.24, 2.45) is 0 Å². The monoisotopic (exact) mass is 382 g/mol. The van der Waals surface area contributed by atoms with Crippen molar-refractivity contribution in [1.29, 1.82) is 0 Å². The highest BCUT2D eigenvalue weighted by molar-refractivity contribution is 5.94. The van der Waals surface area contributed by atoms with E-state index in [1.807, 2.05) is 27.8 Å². The standard InChI is InChI=1S/C22H30N4O2/c1-3-11-26-20-10-9-17(24(2)16-18-8-7-14-28-18)15-19(20)21(23-26)22(27)25-12-5-4-6-13-25/h3,7-8,14,17H,1,4-6,9-13,15-16H2,2H3. The third-order valence-electron chi connectivity index (χ3n) is 6.08. The summed E-state index contributed by atoms with van der Waals surface area (Å²) in [7, 11) is 2.14. The fraction of sp³-hybridized carbons (Fsp3) is 0.545. The van der Waals surface area contributed by atoms with Crippen LogP contribution in [-0.4, -0.2) is 51.7 Å². The predicted octanol–water partition coefficient (Wildman–Crippen LogP) is 3.28. The molecule has 0 bridgehead atoms. The Morgan fingerprint density at radius 1 is 1.39 bits per heavy atom. The van der Waals surface area contributed by atoms with Crippen molar-refractivity contribution in [2.45, 2.75) is 57.7 Å². The molecule has 1 amide bonds. The number of carbonyl (C=O) groups is 1. The predicted molar refractivity (Wildman–Crippen MR) is 108 cm³/mol. The maximum Gasteiger partial charge on any atom is 0.274 e. The van der Waals surface area contributed by atoms with Crippen LogP contribution in [0.25, 0.3) is 0 Å². The van der Waals surface area contributed by atoms with Crippen LogP contribution in [-0.2, 0) is 25.9 Å². The first kappa shape index (κ1) is 19.0. The Kier molecular flexibility index (Phi) is 5.67.